The minimum atomic E-state index is 0.762. The van der Waals surface area contributed by atoms with E-state index in [9.17, 15) is 0 Å². The second-order valence-corrected chi connectivity index (χ2v) is 4.01. The van der Waals surface area contributed by atoms with E-state index in [4.69, 9.17) is 5.73 Å². The summed E-state index contributed by atoms with van der Waals surface area (Å²) in [6, 6.07) is 0. The molecule has 0 aliphatic carbocycles. The summed E-state index contributed by atoms with van der Waals surface area (Å²) in [5, 5.41) is 4.43. The van der Waals surface area contributed by atoms with Crippen molar-refractivity contribution in [1.82, 2.24) is 14.7 Å². The molecule has 0 atom stereocenters. The fraction of sp³-hybridized carbons (Fsp3) is 0.727. The van der Waals surface area contributed by atoms with Gasteiger partial charge in [-0.15, -0.1) is 0 Å². The van der Waals surface area contributed by atoms with Crippen molar-refractivity contribution in [2.24, 2.45) is 12.8 Å². The fourth-order valence-electron chi connectivity index (χ4n) is 1.74. The van der Waals surface area contributed by atoms with Crippen LogP contribution in [0.25, 0.3) is 0 Å². The van der Waals surface area contributed by atoms with Gasteiger partial charge in [0.05, 0.1) is 5.69 Å². The van der Waals surface area contributed by atoms with Crippen LogP contribution < -0.4 is 5.73 Å². The number of aromatic nitrogens is 2. The van der Waals surface area contributed by atoms with Crippen molar-refractivity contribution in [1.29, 1.82) is 0 Å². The van der Waals surface area contributed by atoms with E-state index in [0.29, 0.717) is 0 Å². The molecule has 1 aromatic heterocycles. The lowest BCUT2D eigenvalue weighted by Crippen LogP contribution is -2.21. The van der Waals surface area contributed by atoms with Crippen molar-refractivity contribution in [2.45, 2.75) is 26.3 Å². The summed E-state index contributed by atoms with van der Waals surface area (Å²) >= 11 is 0. The van der Waals surface area contributed by atoms with Gasteiger partial charge in [0.15, 0.2) is 0 Å². The smallest absolute Gasteiger partial charge is 0.0666 e. The summed E-state index contributed by atoms with van der Waals surface area (Å²) in [6.45, 7) is 4.93. The molecule has 1 rings (SSSR count). The van der Waals surface area contributed by atoms with E-state index in [1.54, 1.807) is 0 Å². The highest BCUT2D eigenvalue weighted by atomic mass is 15.3. The van der Waals surface area contributed by atoms with Crippen molar-refractivity contribution < 1.29 is 0 Å². The van der Waals surface area contributed by atoms with Crippen LogP contribution in [0.4, 0.5) is 0 Å². The normalized spacial score (nSPS) is 11.3. The maximum absolute atomic E-state index is 5.49. The van der Waals surface area contributed by atoms with Gasteiger partial charge < -0.3 is 10.6 Å². The number of aryl methyl sites for hydroxylation is 2. The van der Waals surface area contributed by atoms with Crippen LogP contribution in [0.3, 0.4) is 0 Å². The van der Waals surface area contributed by atoms with Crippen LogP contribution in [-0.4, -0.2) is 34.8 Å². The summed E-state index contributed by atoms with van der Waals surface area (Å²) < 4.78 is 1.89. The van der Waals surface area contributed by atoms with E-state index < -0.39 is 0 Å². The first-order valence-electron chi connectivity index (χ1n) is 5.57. The largest absolute Gasteiger partial charge is 0.330 e. The molecule has 2 N–H and O–H groups in total. The SMILES string of the molecule is CCc1nn(C)cc1CN(C)CCCN. The summed E-state index contributed by atoms with van der Waals surface area (Å²) in [5.41, 5.74) is 8.03. The maximum Gasteiger partial charge on any atom is 0.0666 e. The predicted molar refractivity (Wildman–Crippen MR) is 62.6 cm³/mol. The Hall–Kier alpha value is -0.870. The van der Waals surface area contributed by atoms with Gasteiger partial charge in [0, 0.05) is 25.4 Å². The Morgan fingerprint density at radius 3 is 2.87 bits per heavy atom. The number of hydrogen-bond acceptors (Lipinski definition) is 3. The number of nitrogens with two attached hydrogens (primary N) is 1. The van der Waals surface area contributed by atoms with E-state index >= 15 is 0 Å². The Labute approximate surface area is 92.1 Å². The zero-order valence-electron chi connectivity index (χ0n) is 10.0. The van der Waals surface area contributed by atoms with Gasteiger partial charge in [-0.3, -0.25) is 4.68 Å². The molecular weight excluding hydrogens is 188 g/mol. The lowest BCUT2D eigenvalue weighted by Gasteiger charge is -2.15. The highest BCUT2D eigenvalue weighted by Gasteiger charge is 2.07. The second-order valence-electron chi connectivity index (χ2n) is 4.01. The molecule has 0 aliphatic rings. The molecule has 0 unspecified atom stereocenters. The molecule has 0 radical (unpaired) electrons. The lowest BCUT2D eigenvalue weighted by molar-refractivity contribution is 0.323. The van der Waals surface area contributed by atoms with Crippen molar-refractivity contribution in [3.63, 3.8) is 0 Å². The molecule has 0 saturated heterocycles. The molecule has 1 heterocycles. The van der Waals surface area contributed by atoms with Gasteiger partial charge in [0.25, 0.3) is 0 Å². The molecule has 0 aromatic carbocycles. The Bertz CT molecular complexity index is 293. The minimum absolute atomic E-state index is 0.762. The molecule has 0 bridgehead atoms. The van der Waals surface area contributed by atoms with Gasteiger partial charge in [-0.05, 0) is 33.0 Å². The third-order valence-electron chi connectivity index (χ3n) is 2.51. The summed E-state index contributed by atoms with van der Waals surface area (Å²) in [5.74, 6) is 0. The van der Waals surface area contributed by atoms with Gasteiger partial charge in [-0.2, -0.15) is 5.10 Å². The highest BCUT2D eigenvalue weighted by Crippen LogP contribution is 2.09. The molecule has 0 spiro atoms. The van der Waals surface area contributed by atoms with Crippen LogP contribution in [0.15, 0.2) is 6.20 Å². The van der Waals surface area contributed by atoms with Crippen molar-refractivity contribution in [3.05, 3.63) is 17.5 Å². The molecule has 15 heavy (non-hydrogen) atoms. The molecule has 4 nitrogen and oxygen atoms in total. The maximum atomic E-state index is 5.49. The standard InChI is InChI=1S/C11H22N4/c1-4-11-10(9-15(3)13-11)8-14(2)7-5-6-12/h9H,4-8,12H2,1-3H3. The Morgan fingerprint density at radius 1 is 1.53 bits per heavy atom. The van der Waals surface area contributed by atoms with Crippen LogP contribution in [0.5, 0.6) is 0 Å². The Kier molecular flexibility index (Phi) is 4.78. The van der Waals surface area contributed by atoms with Gasteiger partial charge in [-0.1, -0.05) is 6.92 Å². The van der Waals surface area contributed by atoms with Gasteiger partial charge in [0.2, 0.25) is 0 Å². The molecule has 1 aromatic rings. The molecule has 86 valence electrons. The molecule has 0 aliphatic heterocycles. The lowest BCUT2D eigenvalue weighted by atomic mass is 10.2. The number of nitrogens with zero attached hydrogens (tertiary/aromatic N) is 3. The van der Waals surface area contributed by atoms with E-state index in [0.717, 1.165) is 32.5 Å². The zero-order valence-corrected chi connectivity index (χ0v) is 10.0. The Balaban J connectivity index is 2.54. The third kappa shape index (κ3) is 3.64. The van der Waals surface area contributed by atoms with Crippen molar-refractivity contribution in [3.8, 4) is 0 Å². The van der Waals surface area contributed by atoms with Crippen molar-refractivity contribution in [2.75, 3.05) is 20.1 Å². The minimum Gasteiger partial charge on any atom is -0.330 e. The van der Waals surface area contributed by atoms with Crippen LogP contribution in [-0.2, 0) is 20.0 Å². The first-order valence-corrected chi connectivity index (χ1v) is 5.57. The number of rotatable bonds is 6. The van der Waals surface area contributed by atoms with E-state index in [-0.39, 0.29) is 0 Å². The Morgan fingerprint density at radius 2 is 2.27 bits per heavy atom. The zero-order chi connectivity index (χ0) is 11.3. The number of hydrogen-bond donors (Lipinski definition) is 1. The molecule has 0 amide bonds. The highest BCUT2D eigenvalue weighted by molar-refractivity contribution is 5.16. The van der Waals surface area contributed by atoms with Crippen LogP contribution >= 0.6 is 0 Å². The predicted octanol–water partition coefficient (Wildman–Crippen LogP) is 0.763. The van der Waals surface area contributed by atoms with E-state index in [1.165, 1.54) is 11.3 Å². The average molecular weight is 210 g/mol. The third-order valence-corrected chi connectivity index (χ3v) is 2.51. The molecular formula is C11H22N4. The summed E-state index contributed by atoms with van der Waals surface area (Å²) in [6.07, 6.45) is 4.16. The van der Waals surface area contributed by atoms with Crippen LogP contribution in [0.1, 0.15) is 24.6 Å². The first-order chi connectivity index (χ1) is 7.17. The van der Waals surface area contributed by atoms with E-state index in [2.05, 4.69) is 30.2 Å². The summed E-state index contributed by atoms with van der Waals surface area (Å²) in [7, 11) is 4.10. The molecule has 0 fully saturated rings. The first kappa shape index (κ1) is 12.2. The van der Waals surface area contributed by atoms with Gasteiger partial charge >= 0.3 is 0 Å². The second kappa shape index (κ2) is 5.88. The van der Waals surface area contributed by atoms with Crippen LogP contribution in [0.2, 0.25) is 0 Å². The van der Waals surface area contributed by atoms with E-state index in [1.807, 2.05) is 11.7 Å². The quantitative estimate of drug-likeness (QED) is 0.754. The summed E-state index contributed by atoms with van der Waals surface area (Å²) in [4.78, 5) is 2.29. The van der Waals surface area contributed by atoms with Gasteiger partial charge in [-0.25, -0.2) is 0 Å². The monoisotopic (exact) mass is 210 g/mol. The van der Waals surface area contributed by atoms with Crippen LogP contribution in [0, 0.1) is 0 Å². The topological polar surface area (TPSA) is 47.1 Å². The molecule has 4 heteroatoms. The van der Waals surface area contributed by atoms with Gasteiger partial charge in [0.1, 0.15) is 0 Å². The fourth-order valence-corrected chi connectivity index (χ4v) is 1.74. The average Bonchev–Trinajstić information content (AvgIpc) is 2.55. The molecule has 0 saturated carbocycles. The van der Waals surface area contributed by atoms with Crippen molar-refractivity contribution >= 4 is 0 Å².